The van der Waals surface area contributed by atoms with E-state index in [-0.39, 0.29) is 0 Å². The predicted octanol–water partition coefficient (Wildman–Crippen LogP) is 1.19. The first-order chi connectivity index (χ1) is 7.53. The minimum absolute atomic E-state index is 0.558. The van der Waals surface area contributed by atoms with Gasteiger partial charge < -0.3 is 4.90 Å². The van der Waals surface area contributed by atoms with Crippen LogP contribution >= 0.6 is 0 Å². The summed E-state index contributed by atoms with van der Waals surface area (Å²) in [6, 6.07) is 0.739. The van der Waals surface area contributed by atoms with Crippen molar-refractivity contribution in [3.63, 3.8) is 0 Å². The van der Waals surface area contributed by atoms with Crippen molar-refractivity contribution in [2.24, 2.45) is 0 Å². The Morgan fingerprint density at radius 1 is 1.31 bits per heavy atom. The largest absolute Gasteiger partial charge is 0.301 e. The molecule has 0 aromatic heterocycles. The highest BCUT2D eigenvalue weighted by Crippen LogP contribution is 2.23. The first kappa shape index (κ1) is 13.9. The molecule has 4 nitrogen and oxygen atoms in total. The van der Waals surface area contributed by atoms with Crippen LogP contribution in [0.2, 0.25) is 0 Å². The van der Waals surface area contributed by atoms with Gasteiger partial charge in [0.15, 0.2) is 0 Å². The fourth-order valence-corrected chi connectivity index (χ4v) is 2.92. The molecule has 16 heavy (non-hydrogen) atoms. The first-order valence-corrected chi connectivity index (χ1v) is 8.10. The number of nitrogens with zero attached hydrogens (tertiary/aromatic N) is 1. The highest BCUT2D eigenvalue weighted by Gasteiger charge is 2.20. The molecule has 0 atom stereocenters. The normalized spacial score (nSPS) is 18.4. The summed E-state index contributed by atoms with van der Waals surface area (Å²) in [7, 11) is -3.02. The summed E-state index contributed by atoms with van der Waals surface area (Å²) in [6.07, 6.45) is 7.44. The van der Waals surface area contributed by atoms with Crippen LogP contribution in [-0.2, 0) is 10.0 Å². The lowest BCUT2D eigenvalue weighted by molar-refractivity contribution is 0.207. The number of hydrogen-bond acceptors (Lipinski definition) is 3. The van der Waals surface area contributed by atoms with Gasteiger partial charge in [0.25, 0.3) is 0 Å². The van der Waals surface area contributed by atoms with Crippen LogP contribution in [0, 0.1) is 0 Å². The van der Waals surface area contributed by atoms with Crippen LogP contribution in [-0.4, -0.2) is 45.2 Å². The molecule has 5 heteroatoms. The first-order valence-electron chi connectivity index (χ1n) is 6.21. The van der Waals surface area contributed by atoms with Gasteiger partial charge in [-0.3, -0.25) is 0 Å². The fourth-order valence-electron chi connectivity index (χ4n) is 2.41. The summed E-state index contributed by atoms with van der Waals surface area (Å²) >= 11 is 0. The second-order valence-electron chi connectivity index (χ2n) is 4.59. The number of rotatable bonds is 7. The molecule has 1 fully saturated rings. The van der Waals surface area contributed by atoms with Crippen molar-refractivity contribution in [1.82, 2.24) is 9.62 Å². The van der Waals surface area contributed by atoms with E-state index in [1.54, 1.807) is 0 Å². The molecule has 0 aliphatic heterocycles. The maximum absolute atomic E-state index is 10.9. The van der Waals surface area contributed by atoms with Gasteiger partial charge >= 0.3 is 0 Å². The molecular formula is C11H24N2O2S. The van der Waals surface area contributed by atoms with Gasteiger partial charge in [0.1, 0.15) is 0 Å². The van der Waals surface area contributed by atoms with E-state index in [1.807, 2.05) is 0 Å². The van der Waals surface area contributed by atoms with Crippen molar-refractivity contribution >= 4 is 10.0 Å². The third-order valence-electron chi connectivity index (χ3n) is 3.23. The fraction of sp³-hybridized carbons (Fsp3) is 1.00. The van der Waals surface area contributed by atoms with Crippen LogP contribution in [0.4, 0.5) is 0 Å². The van der Waals surface area contributed by atoms with E-state index in [4.69, 9.17) is 0 Å². The lowest BCUT2D eigenvalue weighted by Gasteiger charge is -2.27. The molecule has 0 spiro atoms. The lowest BCUT2D eigenvalue weighted by Crippen LogP contribution is -2.35. The zero-order valence-electron chi connectivity index (χ0n) is 10.4. The van der Waals surface area contributed by atoms with Crippen molar-refractivity contribution in [2.45, 2.75) is 45.1 Å². The number of sulfonamides is 1. The van der Waals surface area contributed by atoms with Gasteiger partial charge in [-0.1, -0.05) is 19.8 Å². The molecule has 1 aliphatic rings. The number of nitrogens with one attached hydrogen (secondary N) is 1. The van der Waals surface area contributed by atoms with Gasteiger partial charge in [0, 0.05) is 12.6 Å². The molecule has 1 aliphatic carbocycles. The molecule has 0 aromatic rings. The molecule has 0 aromatic carbocycles. The number of hydrogen-bond donors (Lipinski definition) is 1. The van der Waals surface area contributed by atoms with Crippen LogP contribution in [0.25, 0.3) is 0 Å². The molecule has 96 valence electrons. The Morgan fingerprint density at radius 2 is 1.94 bits per heavy atom. The van der Waals surface area contributed by atoms with Crippen molar-refractivity contribution in [3.8, 4) is 0 Å². The Kier molecular flexibility index (Phi) is 5.72. The average molecular weight is 248 g/mol. The predicted molar refractivity (Wildman–Crippen MR) is 67.0 cm³/mol. The standard InChI is InChI=1S/C11H24N2O2S/c1-3-13(11-7-4-5-8-11)10-6-9-12-16(2,14)15/h11-12H,3-10H2,1-2H3. The zero-order chi connectivity index (χ0) is 12.0. The van der Waals surface area contributed by atoms with Crippen molar-refractivity contribution in [2.75, 3.05) is 25.9 Å². The molecule has 1 saturated carbocycles. The van der Waals surface area contributed by atoms with Crippen LogP contribution in [0.3, 0.4) is 0 Å². The SMILES string of the molecule is CCN(CCCNS(C)(=O)=O)C1CCCC1. The van der Waals surface area contributed by atoms with Crippen LogP contribution in [0.15, 0.2) is 0 Å². The zero-order valence-corrected chi connectivity index (χ0v) is 11.2. The Balaban J connectivity index is 2.18. The third kappa shape index (κ3) is 5.27. The molecule has 0 radical (unpaired) electrons. The minimum atomic E-state index is -3.02. The van der Waals surface area contributed by atoms with Gasteiger partial charge in [0.05, 0.1) is 6.26 Å². The molecule has 1 rings (SSSR count). The monoisotopic (exact) mass is 248 g/mol. The van der Waals surface area contributed by atoms with Gasteiger partial charge in [-0.15, -0.1) is 0 Å². The molecule has 0 amide bonds. The summed E-state index contributed by atoms with van der Waals surface area (Å²) in [5.41, 5.74) is 0. The van der Waals surface area contributed by atoms with E-state index in [9.17, 15) is 8.42 Å². The Hall–Kier alpha value is -0.130. The van der Waals surface area contributed by atoms with Crippen molar-refractivity contribution < 1.29 is 8.42 Å². The van der Waals surface area contributed by atoms with Crippen LogP contribution < -0.4 is 4.72 Å². The smallest absolute Gasteiger partial charge is 0.208 e. The molecule has 0 heterocycles. The van der Waals surface area contributed by atoms with E-state index >= 15 is 0 Å². The topological polar surface area (TPSA) is 49.4 Å². The molecular weight excluding hydrogens is 224 g/mol. The highest BCUT2D eigenvalue weighted by atomic mass is 32.2. The molecule has 0 unspecified atom stereocenters. The maximum Gasteiger partial charge on any atom is 0.208 e. The summed E-state index contributed by atoms with van der Waals surface area (Å²) in [5.74, 6) is 0. The van der Waals surface area contributed by atoms with Gasteiger partial charge in [-0.25, -0.2) is 13.1 Å². The minimum Gasteiger partial charge on any atom is -0.301 e. The van der Waals surface area contributed by atoms with E-state index in [2.05, 4.69) is 16.5 Å². The third-order valence-corrected chi connectivity index (χ3v) is 3.96. The Morgan fingerprint density at radius 3 is 2.44 bits per heavy atom. The second kappa shape index (κ2) is 6.57. The Bertz CT molecular complexity index is 284. The summed E-state index contributed by atoms with van der Waals surface area (Å²) in [6.45, 7) is 4.82. The summed E-state index contributed by atoms with van der Waals surface area (Å²) in [4.78, 5) is 2.48. The quantitative estimate of drug-likeness (QED) is 0.689. The van der Waals surface area contributed by atoms with Crippen molar-refractivity contribution in [3.05, 3.63) is 0 Å². The molecule has 1 N–H and O–H groups in total. The summed E-state index contributed by atoms with van der Waals surface area (Å²) < 4.78 is 24.3. The second-order valence-corrected chi connectivity index (χ2v) is 6.42. The lowest BCUT2D eigenvalue weighted by atomic mass is 10.2. The summed E-state index contributed by atoms with van der Waals surface area (Å²) in [5, 5.41) is 0. The average Bonchev–Trinajstić information content (AvgIpc) is 2.69. The van der Waals surface area contributed by atoms with Crippen LogP contribution in [0.1, 0.15) is 39.0 Å². The van der Waals surface area contributed by atoms with E-state index in [0.29, 0.717) is 6.54 Å². The Labute approximate surface area is 99.5 Å². The van der Waals surface area contributed by atoms with Gasteiger partial charge in [-0.05, 0) is 32.4 Å². The maximum atomic E-state index is 10.9. The van der Waals surface area contributed by atoms with Crippen LogP contribution in [0.5, 0.6) is 0 Å². The van der Waals surface area contributed by atoms with Gasteiger partial charge in [-0.2, -0.15) is 0 Å². The molecule has 0 saturated heterocycles. The highest BCUT2D eigenvalue weighted by molar-refractivity contribution is 7.88. The van der Waals surface area contributed by atoms with E-state index < -0.39 is 10.0 Å². The van der Waals surface area contributed by atoms with E-state index in [1.165, 1.54) is 31.9 Å². The van der Waals surface area contributed by atoms with E-state index in [0.717, 1.165) is 25.6 Å². The van der Waals surface area contributed by atoms with Gasteiger partial charge in [0.2, 0.25) is 10.0 Å². The van der Waals surface area contributed by atoms with Crippen molar-refractivity contribution in [1.29, 1.82) is 0 Å². The molecule has 0 bridgehead atoms.